The number of benzene rings is 1. The third kappa shape index (κ3) is 3.14. The van der Waals surface area contributed by atoms with Crippen LogP contribution >= 0.6 is 0 Å². The van der Waals surface area contributed by atoms with Crippen LogP contribution in [0.1, 0.15) is 12.2 Å². The zero-order valence-corrected chi connectivity index (χ0v) is 13.4. The molecule has 122 valence electrons. The van der Waals surface area contributed by atoms with Crippen LogP contribution < -0.4 is 14.8 Å². The van der Waals surface area contributed by atoms with E-state index >= 15 is 0 Å². The summed E-state index contributed by atoms with van der Waals surface area (Å²) < 4.78 is 34.5. The highest BCUT2D eigenvalue weighted by Gasteiger charge is 2.28. The van der Waals surface area contributed by atoms with Crippen LogP contribution in [0.5, 0.6) is 5.75 Å². The van der Waals surface area contributed by atoms with Crippen molar-refractivity contribution in [2.45, 2.75) is 24.6 Å². The van der Waals surface area contributed by atoms with Crippen LogP contribution in [-0.2, 0) is 21.9 Å². The molecule has 2 aromatic rings. The van der Waals surface area contributed by atoms with E-state index in [1.807, 2.05) is 0 Å². The average Bonchev–Trinajstić information content (AvgIpc) is 2.80. The summed E-state index contributed by atoms with van der Waals surface area (Å²) >= 11 is 0. The van der Waals surface area contributed by atoms with Gasteiger partial charge in [-0.2, -0.15) is 8.42 Å². The van der Waals surface area contributed by atoms with E-state index in [1.165, 1.54) is 6.20 Å². The molecule has 0 aliphatic carbocycles. The Morgan fingerprint density at radius 1 is 1.39 bits per heavy atom. The van der Waals surface area contributed by atoms with E-state index in [2.05, 4.69) is 15.0 Å². The fourth-order valence-electron chi connectivity index (χ4n) is 2.06. The van der Waals surface area contributed by atoms with Gasteiger partial charge in [-0.25, -0.2) is 4.98 Å². The lowest BCUT2D eigenvalue weighted by molar-refractivity contribution is -0.134. The Labute approximate surface area is 133 Å². The number of carbonyl (C=O) groups excluding carboxylic acids is 1. The van der Waals surface area contributed by atoms with Crippen molar-refractivity contribution in [1.29, 1.82) is 0 Å². The van der Waals surface area contributed by atoms with E-state index in [4.69, 9.17) is 4.74 Å². The summed E-state index contributed by atoms with van der Waals surface area (Å²) in [5.41, 5.74) is 0.289. The lowest BCUT2D eigenvalue weighted by atomic mass is 10.2. The normalized spacial score (nSPS) is 17.3. The molecular formula is C14H16N4O4S. The predicted molar refractivity (Wildman–Crippen MR) is 82.4 cm³/mol. The van der Waals surface area contributed by atoms with Gasteiger partial charge in [-0.3, -0.25) is 9.52 Å². The molecule has 1 aliphatic rings. The molecular weight excluding hydrogens is 320 g/mol. The zero-order valence-electron chi connectivity index (χ0n) is 12.6. The number of nitrogens with zero attached hydrogens (tertiary/aromatic N) is 2. The summed E-state index contributed by atoms with van der Waals surface area (Å²) in [7, 11) is -2.10. The first-order valence-corrected chi connectivity index (χ1v) is 8.41. The number of carbonyl (C=O) groups is 1. The molecule has 2 N–H and O–H groups in total. The molecule has 1 unspecified atom stereocenters. The van der Waals surface area contributed by atoms with Gasteiger partial charge in [0.2, 0.25) is 5.91 Å². The summed E-state index contributed by atoms with van der Waals surface area (Å²) in [6, 6.07) is 6.63. The molecule has 0 radical (unpaired) electrons. The number of nitrogens with one attached hydrogen (secondary N) is 2. The van der Waals surface area contributed by atoms with Crippen molar-refractivity contribution in [3.8, 4) is 5.75 Å². The summed E-state index contributed by atoms with van der Waals surface area (Å²) in [5.74, 6) is 0.831. The zero-order chi connectivity index (χ0) is 16.6. The van der Waals surface area contributed by atoms with Crippen LogP contribution in [0.2, 0.25) is 0 Å². The number of rotatable bonds is 5. The Balaban J connectivity index is 1.83. The Morgan fingerprint density at radius 2 is 2.09 bits per heavy atom. The van der Waals surface area contributed by atoms with Gasteiger partial charge in [0.25, 0.3) is 10.0 Å². The molecule has 23 heavy (non-hydrogen) atoms. The second-order valence-electron chi connectivity index (χ2n) is 5.22. The molecule has 1 atom stereocenters. The van der Waals surface area contributed by atoms with Gasteiger partial charge in [0.05, 0.1) is 12.1 Å². The van der Waals surface area contributed by atoms with Gasteiger partial charge >= 0.3 is 0 Å². The van der Waals surface area contributed by atoms with Crippen molar-refractivity contribution < 1.29 is 17.9 Å². The number of para-hydroxylation sites is 2. The smallest absolute Gasteiger partial charge is 0.281 e. The van der Waals surface area contributed by atoms with Crippen LogP contribution in [0.3, 0.4) is 0 Å². The molecule has 3 rings (SSSR count). The molecule has 1 aliphatic heterocycles. The highest BCUT2D eigenvalue weighted by Crippen LogP contribution is 2.28. The number of aryl methyl sites for hydroxylation is 2. The maximum atomic E-state index is 12.4. The molecule has 9 heteroatoms. The van der Waals surface area contributed by atoms with Crippen LogP contribution in [-0.4, -0.2) is 30.1 Å². The number of β-lactam (4-membered cyclic amide) rings is 1. The van der Waals surface area contributed by atoms with E-state index < -0.39 is 16.3 Å². The predicted octanol–water partition coefficient (Wildman–Crippen LogP) is 0.754. The maximum absolute atomic E-state index is 12.4. The number of ether oxygens (including phenoxy) is 1. The highest BCUT2D eigenvalue weighted by molar-refractivity contribution is 7.92. The SMILES string of the molecule is Cc1nc(S(=O)(=O)Nc2ccccc2OC2CC(=O)N2)cn1C. The summed E-state index contributed by atoms with van der Waals surface area (Å²) in [6.45, 7) is 1.72. The molecule has 2 heterocycles. The number of imidazole rings is 1. The van der Waals surface area contributed by atoms with E-state index in [-0.39, 0.29) is 23.0 Å². The molecule has 8 nitrogen and oxygen atoms in total. The molecule has 0 spiro atoms. The van der Waals surface area contributed by atoms with Crippen molar-refractivity contribution in [3.05, 3.63) is 36.3 Å². The topological polar surface area (TPSA) is 102 Å². The van der Waals surface area contributed by atoms with Gasteiger partial charge in [0.1, 0.15) is 11.6 Å². The number of aromatic nitrogens is 2. The van der Waals surface area contributed by atoms with E-state index in [0.29, 0.717) is 11.6 Å². The highest BCUT2D eigenvalue weighted by atomic mass is 32.2. The Hall–Kier alpha value is -2.55. The van der Waals surface area contributed by atoms with E-state index in [1.54, 1.807) is 42.8 Å². The first-order valence-electron chi connectivity index (χ1n) is 6.93. The lowest BCUT2D eigenvalue weighted by Gasteiger charge is -2.28. The summed E-state index contributed by atoms with van der Waals surface area (Å²) in [6.07, 6.45) is 1.25. The van der Waals surface area contributed by atoms with Crippen molar-refractivity contribution in [1.82, 2.24) is 14.9 Å². The maximum Gasteiger partial charge on any atom is 0.281 e. The summed E-state index contributed by atoms with van der Waals surface area (Å²) in [5, 5.41) is 2.50. The third-order valence-corrected chi connectivity index (χ3v) is 4.69. The number of hydrogen-bond acceptors (Lipinski definition) is 5. The van der Waals surface area contributed by atoms with Crippen LogP contribution in [0.4, 0.5) is 5.69 Å². The second kappa shape index (κ2) is 5.58. The minimum absolute atomic E-state index is 0.0655. The summed E-state index contributed by atoms with van der Waals surface area (Å²) in [4.78, 5) is 14.9. The molecule has 0 saturated carbocycles. The van der Waals surface area contributed by atoms with Gasteiger partial charge in [-0.15, -0.1) is 0 Å². The molecule has 1 amide bonds. The number of amides is 1. The molecule has 1 aromatic carbocycles. The molecule has 1 aromatic heterocycles. The molecule has 0 bridgehead atoms. The fourth-order valence-corrected chi connectivity index (χ4v) is 3.17. The second-order valence-corrected chi connectivity index (χ2v) is 6.85. The van der Waals surface area contributed by atoms with E-state index in [0.717, 1.165) is 0 Å². The van der Waals surface area contributed by atoms with E-state index in [9.17, 15) is 13.2 Å². The number of sulfonamides is 1. The minimum atomic E-state index is -3.82. The number of hydrogen-bond donors (Lipinski definition) is 2. The Kier molecular flexibility index (Phi) is 3.72. The van der Waals surface area contributed by atoms with Gasteiger partial charge in [0, 0.05) is 13.2 Å². The number of anilines is 1. The molecule has 1 fully saturated rings. The molecule has 1 saturated heterocycles. The largest absolute Gasteiger partial charge is 0.468 e. The Morgan fingerprint density at radius 3 is 2.70 bits per heavy atom. The van der Waals surface area contributed by atoms with Gasteiger partial charge < -0.3 is 14.6 Å². The lowest BCUT2D eigenvalue weighted by Crippen LogP contribution is -2.51. The van der Waals surface area contributed by atoms with Crippen LogP contribution in [0, 0.1) is 6.92 Å². The van der Waals surface area contributed by atoms with Gasteiger partial charge in [0.15, 0.2) is 11.3 Å². The third-order valence-electron chi connectivity index (χ3n) is 3.46. The van der Waals surface area contributed by atoms with Crippen LogP contribution in [0.25, 0.3) is 0 Å². The quantitative estimate of drug-likeness (QED) is 0.785. The van der Waals surface area contributed by atoms with Crippen LogP contribution in [0.15, 0.2) is 35.5 Å². The van der Waals surface area contributed by atoms with Crippen molar-refractivity contribution in [3.63, 3.8) is 0 Å². The Bertz CT molecular complexity index is 832. The van der Waals surface area contributed by atoms with Crippen molar-refractivity contribution in [2.24, 2.45) is 7.05 Å². The first-order chi connectivity index (χ1) is 10.8. The van der Waals surface area contributed by atoms with Crippen molar-refractivity contribution in [2.75, 3.05) is 4.72 Å². The minimum Gasteiger partial charge on any atom is -0.468 e. The first kappa shape index (κ1) is 15.3. The van der Waals surface area contributed by atoms with Gasteiger partial charge in [-0.1, -0.05) is 12.1 Å². The monoisotopic (exact) mass is 336 g/mol. The fraction of sp³-hybridized carbons (Fsp3) is 0.286. The standard InChI is InChI=1S/C14H16N4O4S/c1-9-15-14(8-18(9)2)23(20,21)17-10-5-3-4-6-11(10)22-13-7-12(19)16-13/h3-6,8,13,17H,7H2,1-2H3,(H,16,19). The average molecular weight is 336 g/mol. The van der Waals surface area contributed by atoms with Crippen molar-refractivity contribution >= 4 is 21.6 Å². The van der Waals surface area contributed by atoms with Gasteiger partial charge in [-0.05, 0) is 19.1 Å².